The van der Waals surface area contributed by atoms with E-state index >= 15 is 0 Å². The molecule has 4 rings (SSSR count). The molecule has 0 spiro atoms. The number of benzene rings is 3. The van der Waals surface area contributed by atoms with E-state index in [1.54, 1.807) is 12.1 Å². The van der Waals surface area contributed by atoms with Gasteiger partial charge in [-0.25, -0.2) is 4.79 Å². The Morgan fingerprint density at radius 1 is 0.946 bits per heavy atom. The number of aryl methyl sites for hydroxylation is 1. The predicted octanol–water partition coefficient (Wildman–Crippen LogP) is 5.81. The van der Waals surface area contributed by atoms with Crippen molar-refractivity contribution in [1.82, 2.24) is 5.32 Å². The van der Waals surface area contributed by atoms with Crippen molar-refractivity contribution in [1.29, 1.82) is 0 Å². The molecule has 37 heavy (non-hydrogen) atoms. The Morgan fingerprint density at radius 2 is 1.68 bits per heavy atom. The quantitative estimate of drug-likeness (QED) is 0.348. The Morgan fingerprint density at radius 3 is 2.41 bits per heavy atom. The van der Waals surface area contributed by atoms with Crippen molar-refractivity contribution in [2.45, 2.75) is 51.5 Å². The van der Waals surface area contributed by atoms with E-state index in [0.717, 1.165) is 37.1 Å². The highest BCUT2D eigenvalue weighted by Crippen LogP contribution is 2.31. The summed E-state index contributed by atoms with van der Waals surface area (Å²) >= 11 is 0. The van der Waals surface area contributed by atoms with E-state index in [9.17, 15) is 14.7 Å². The number of ether oxygens (including phenoxy) is 1. The first kappa shape index (κ1) is 26.3. The highest BCUT2D eigenvalue weighted by Gasteiger charge is 2.22. The standard InChI is InChI=1S/C31H36N2O4/c1-2-37-29-21-24(15-17-26(29)31(35)36)22-30(34)32-27(18-16-23-11-5-3-6-12-23)25-13-7-8-14-28(25)33-19-9-4-10-20-33/h3,5-8,11-15,17,21,27H,2,4,9-10,16,18-20,22H2,1H3,(H,32,34)(H,35,36). The molecular weight excluding hydrogens is 464 g/mol. The van der Waals surface area contributed by atoms with Crippen LogP contribution in [0.1, 0.15) is 65.7 Å². The third-order valence-electron chi connectivity index (χ3n) is 6.85. The number of hydrogen-bond donors (Lipinski definition) is 2. The number of hydrogen-bond acceptors (Lipinski definition) is 4. The number of carbonyl (C=O) groups is 2. The van der Waals surface area contributed by atoms with Gasteiger partial charge in [0.25, 0.3) is 0 Å². The van der Waals surface area contributed by atoms with Crippen LogP contribution in [-0.4, -0.2) is 36.7 Å². The molecule has 0 aromatic heterocycles. The van der Waals surface area contributed by atoms with E-state index in [4.69, 9.17) is 4.74 Å². The molecule has 0 aliphatic carbocycles. The van der Waals surface area contributed by atoms with Crippen LogP contribution in [0.4, 0.5) is 5.69 Å². The number of para-hydroxylation sites is 1. The monoisotopic (exact) mass is 500 g/mol. The SMILES string of the molecule is CCOc1cc(CC(=O)NC(CCc2ccccc2)c2ccccc2N2CCCCC2)ccc1C(=O)O. The summed E-state index contributed by atoms with van der Waals surface area (Å²) in [6.45, 7) is 4.23. The molecule has 3 aromatic rings. The van der Waals surface area contributed by atoms with Crippen LogP contribution in [0.5, 0.6) is 5.75 Å². The van der Waals surface area contributed by atoms with Gasteiger partial charge in [-0.15, -0.1) is 0 Å². The maximum Gasteiger partial charge on any atom is 0.339 e. The molecule has 1 saturated heterocycles. The van der Waals surface area contributed by atoms with Crippen LogP contribution in [-0.2, 0) is 17.6 Å². The molecule has 1 aliphatic rings. The topological polar surface area (TPSA) is 78.9 Å². The number of nitrogens with zero attached hydrogens (tertiary/aromatic N) is 1. The molecule has 1 amide bonds. The van der Waals surface area contributed by atoms with Crippen molar-refractivity contribution < 1.29 is 19.4 Å². The molecule has 6 heteroatoms. The molecule has 1 atom stereocenters. The Kier molecular flexibility index (Phi) is 9.19. The van der Waals surface area contributed by atoms with Gasteiger partial charge in [-0.3, -0.25) is 4.79 Å². The lowest BCUT2D eigenvalue weighted by molar-refractivity contribution is -0.121. The zero-order valence-corrected chi connectivity index (χ0v) is 21.5. The number of rotatable bonds is 11. The number of aromatic carboxylic acids is 1. The second kappa shape index (κ2) is 12.9. The van der Waals surface area contributed by atoms with Gasteiger partial charge in [0, 0.05) is 18.8 Å². The van der Waals surface area contributed by atoms with Gasteiger partial charge < -0.3 is 20.1 Å². The summed E-state index contributed by atoms with van der Waals surface area (Å²) < 4.78 is 5.52. The highest BCUT2D eigenvalue weighted by molar-refractivity contribution is 5.91. The molecular formula is C31H36N2O4. The second-order valence-electron chi connectivity index (χ2n) is 9.50. The van der Waals surface area contributed by atoms with E-state index in [1.807, 2.05) is 31.2 Å². The lowest BCUT2D eigenvalue weighted by Gasteiger charge is -2.33. The summed E-state index contributed by atoms with van der Waals surface area (Å²) in [6.07, 6.45) is 5.41. The van der Waals surface area contributed by atoms with E-state index in [1.165, 1.54) is 36.6 Å². The average molecular weight is 501 g/mol. The van der Waals surface area contributed by atoms with Crippen LogP contribution in [0.15, 0.2) is 72.8 Å². The normalized spacial score (nSPS) is 14.1. The summed E-state index contributed by atoms with van der Waals surface area (Å²) in [6, 6.07) is 23.5. The van der Waals surface area contributed by atoms with Gasteiger partial charge in [-0.1, -0.05) is 54.6 Å². The predicted molar refractivity (Wildman–Crippen MR) is 146 cm³/mol. The van der Waals surface area contributed by atoms with Gasteiger partial charge in [-0.05, 0) is 73.9 Å². The van der Waals surface area contributed by atoms with Crippen LogP contribution in [0.3, 0.4) is 0 Å². The molecule has 2 N–H and O–H groups in total. The first-order chi connectivity index (χ1) is 18.0. The number of carbonyl (C=O) groups excluding carboxylic acids is 1. The lowest BCUT2D eigenvalue weighted by Crippen LogP contribution is -2.34. The fourth-order valence-electron chi connectivity index (χ4n) is 5.03. The number of nitrogens with one attached hydrogen (secondary N) is 1. The zero-order valence-electron chi connectivity index (χ0n) is 21.5. The van der Waals surface area contributed by atoms with Crippen molar-refractivity contribution in [2.75, 3.05) is 24.6 Å². The third-order valence-corrected chi connectivity index (χ3v) is 6.85. The van der Waals surface area contributed by atoms with Crippen LogP contribution < -0.4 is 15.0 Å². The van der Waals surface area contributed by atoms with Crippen LogP contribution >= 0.6 is 0 Å². The molecule has 0 radical (unpaired) electrons. The number of anilines is 1. The first-order valence-electron chi connectivity index (χ1n) is 13.2. The van der Waals surface area contributed by atoms with E-state index in [-0.39, 0.29) is 29.7 Å². The maximum absolute atomic E-state index is 13.3. The Balaban J connectivity index is 1.55. The van der Waals surface area contributed by atoms with Crippen molar-refractivity contribution in [3.05, 3.63) is 95.1 Å². The average Bonchev–Trinajstić information content (AvgIpc) is 2.92. The van der Waals surface area contributed by atoms with Gasteiger partial charge in [-0.2, -0.15) is 0 Å². The van der Waals surface area contributed by atoms with Crippen LogP contribution in [0.2, 0.25) is 0 Å². The Labute approximate surface area is 219 Å². The van der Waals surface area contributed by atoms with Crippen molar-refractivity contribution in [3.63, 3.8) is 0 Å². The number of carboxylic acid groups (broad SMARTS) is 1. The minimum atomic E-state index is -1.05. The molecule has 3 aromatic carbocycles. The minimum absolute atomic E-state index is 0.0993. The van der Waals surface area contributed by atoms with Gasteiger partial charge in [0.1, 0.15) is 11.3 Å². The fraction of sp³-hybridized carbons (Fsp3) is 0.355. The van der Waals surface area contributed by atoms with Gasteiger partial charge >= 0.3 is 5.97 Å². The molecule has 0 saturated carbocycles. The van der Waals surface area contributed by atoms with Gasteiger partial charge in [0.05, 0.1) is 19.1 Å². The second-order valence-corrected chi connectivity index (χ2v) is 9.50. The van der Waals surface area contributed by atoms with Crippen LogP contribution in [0.25, 0.3) is 0 Å². The van der Waals surface area contributed by atoms with Crippen molar-refractivity contribution >= 4 is 17.6 Å². The van der Waals surface area contributed by atoms with Crippen LogP contribution in [0, 0.1) is 0 Å². The Bertz CT molecular complexity index is 1190. The van der Waals surface area contributed by atoms with E-state index < -0.39 is 5.97 Å². The molecule has 1 aliphatic heterocycles. The van der Waals surface area contributed by atoms with Gasteiger partial charge in [0.2, 0.25) is 5.91 Å². The summed E-state index contributed by atoms with van der Waals surface area (Å²) in [5.41, 5.74) is 4.40. The highest BCUT2D eigenvalue weighted by atomic mass is 16.5. The Hall–Kier alpha value is -3.80. The first-order valence-corrected chi connectivity index (χ1v) is 13.2. The summed E-state index contributed by atoms with van der Waals surface area (Å²) in [4.78, 5) is 27.3. The summed E-state index contributed by atoms with van der Waals surface area (Å²) in [7, 11) is 0. The molecule has 0 bridgehead atoms. The number of piperidine rings is 1. The van der Waals surface area contributed by atoms with E-state index in [2.05, 4.69) is 40.5 Å². The van der Waals surface area contributed by atoms with E-state index in [0.29, 0.717) is 6.61 Å². The minimum Gasteiger partial charge on any atom is -0.493 e. The third kappa shape index (κ3) is 7.13. The maximum atomic E-state index is 13.3. The van der Waals surface area contributed by atoms with Crippen molar-refractivity contribution in [2.24, 2.45) is 0 Å². The zero-order chi connectivity index (χ0) is 26.0. The molecule has 6 nitrogen and oxygen atoms in total. The largest absolute Gasteiger partial charge is 0.493 e. The number of carboxylic acids is 1. The van der Waals surface area contributed by atoms with Gasteiger partial charge in [0.15, 0.2) is 0 Å². The lowest BCUT2D eigenvalue weighted by atomic mass is 9.95. The summed E-state index contributed by atoms with van der Waals surface area (Å²) in [5.74, 6) is -0.858. The molecule has 1 heterocycles. The molecule has 1 unspecified atom stereocenters. The fourth-order valence-corrected chi connectivity index (χ4v) is 5.03. The molecule has 1 fully saturated rings. The number of amides is 1. The van der Waals surface area contributed by atoms with Crippen molar-refractivity contribution in [3.8, 4) is 5.75 Å². The smallest absolute Gasteiger partial charge is 0.339 e. The molecule has 194 valence electrons. The summed E-state index contributed by atoms with van der Waals surface area (Å²) in [5, 5.41) is 12.7.